The van der Waals surface area contributed by atoms with Gasteiger partial charge in [0.05, 0.1) is 11.9 Å². The molecule has 0 bridgehead atoms. The number of aromatic amines is 1. The molecule has 0 unspecified atom stereocenters. The molecule has 0 atom stereocenters. The van der Waals surface area contributed by atoms with Crippen molar-refractivity contribution in [2.45, 2.75) is 6.42 Å². The molecular weight excluding hydrogens is 462 g/mol. The maximum atomic E-state index is 11.7. The first-order chi connectivity index (χ1) is 17.0. The summed E-state index contributed by atoms with van der Waals surface area (Å²) in [4.78, 5) is 22.9. The first kappa shape index (κ1) is 22.5. The molecule has 0 amide bonds. The Morgan fingerprint density at radius 3 is 2.69 bits per heavy atom. The van der Waals surface area contributed by atoms with Gasteiger partial charge in [-0.25, -0.2) is 23.4 Å². The molecule has 10 heteroatoms. The van der Waals surface area contributed by atoms with Crippen LogP contribution in [0.5, 0.6) is 0 Å². The van der Waals surface area contributed by atoms with Gasteiger partial charge in [0.1, 0.15) is 18.0 Å². The fraction of sp³-hybridized carbons (Fsp3) is 0.120. The lowest BCUT2D eigenvalue weighted by molar-refractivity contribution is 0.607. The Morgan fingerprint density at radius 2 is 1.91 bits per heavy atom. The molecule has 0 aliphatic heterocycles. The number of H-pyrrole nitrogens is 1. The standard InChI is InChI=1S/C25H23N7O2S/c1-35(33,34)31-20-7-8-23-21(14-20)18(16-28-23)10-13-32(24-9-12-27-17-29-24)25-6-2-5-22(30-25)19-4-3-11-26-15-19/h2-9,11-12,14-17,28,31H,10,13H2,1H3. The molecule has 4 heterocycles. The quantitative estimate of drug-likeness (QED) is 0.339. The number of benzene rings is 1. The average molecular weight is 486 g/mol. The van der Waals surface area contributed by atoms with Crippen molar-refractivity contribution >= 4 is 38.2 Å². The Hall–Kier alpha value is -4.31. The zero-order valence-corrected chi connectivity index (χ0v) is 19.8. The number of nitrogens with one attached hydrogen (secondary N) is 2. The zero-order valence-electron chi connectivity index (χ0n) is 19.0. The molecule has 0 saturated carbocycles. The minimum Gasteiger partial charge on any atom is -0.361 e. The van der Waals surface area contributed by atoms with Crippen LogP contribution in [0.2, 0.25) is 0 Å². The van der Waals surface area contributed by atoms with Crippen LogP contribution in [0.3, 0.4) is 0 Å². The monoisotopic (exact) mass is 485 g/mol. The molecule has 9 nitrogen and oxygen atoms in total. The van der Waals surface area contributed by atoms with Gasteiger partial charge in [-0.15, -0.1) is 0 Å². The van der Waals surface area contributed by atoms with Crippen molar-refractivity contribution in [2.24, 2.45) is 0 Å². The Bertz CT molecular complexity index is 1560. The summed E-state index contributed by atoms with van der Waals surface area (Å²) in [5, 5.41) is 0.957. The predicted octanol–water partition coefficient (Wildman–Crippen LogP) is 4.17. The van der Waals surface area contributed by atoms with E-state index in [1.54, 1.807) is 24.7 Å². The second kappa shape index (κ2) is 9.51. The highest BCUT2D eigenvalue weighted by molar-refractivity contribution is 7.92. The maximum Gasteiger partial charge on any atom is 0.229 e. The van der Waals surface area contributed by atoms with E-state index >= 15 is 0 Å². The Labute approximate surface area is 203 Å². The predicted molar refractivity (Wildman–Crippen MR) is 137 cm³/mol. The summed E-state index contributed by atoms with van der Waals surface area (Å²) in [6.45, 7) is 0.594. The summed E-state index contributed by atoms with van der Waals surface area (Å²) >= 11 is 0. The van der Waals surface area contributed by atoms with Crippen LogP contribution >= 0.6 is 0 Å². The maximum absolute atomic E-state index is 11.7. The molecule has 0 aliphatic carbocycles. The van der Waals surface area contributed by atoms with Crippen molar-refractivity contribution in [3.05, 3.63) is 91.3 Å². The van der Waals surface area contributed by atoms with Crippen LogP contribution < -0.4 is 9.62 Å². The summed E-state index contributed by atoms with van der Waals surface area (Å²) in [6.07, 6.45) is 10.5. The Kier molecular flexibility index (Phi) is 6.11. The molecule has 5 rings (SSSR count). The summed E-state index contributed by atoms with van der Waals surface area (Å²) in [5.41, 5.74) is 4.26. The van der Waals surface area contributed by atoms with Gasteiger partial charge in [0, 0.05) is 53.5 Å². The molecule has 0 spiro atoms. The third kappa shape index (κ3) is 5.28. The van der Waals surface area contributed by atoms with Gasteiger partial charge >= 0.3 is 0 Å². The largest absolute Gasteiger partial charge is 0.361 e. The van der Waals surface area contributed by atoms with Gasteiger partial charge in [0.25, 0.3) is 0 Å². The van der Waals surface area contributed by atoms with Gasteiger partial charge in [-0.3, -0.25) is 9.71 Å². The third-order valence-corrected chi connectivity index (χ3v) is 6.09. The highest BCUT2D eigenvalue weighted by Gasteiger charge is 2.15. The third-order valence-electron chi connectivity index (χ3n) is 5.49. The number of hydrogen-bond donors (Lipinski definition) is 2. The van der Waals surface area contributed by atoms with Crippen molar-refractivity contribution < 1.29 is 8.42 Å². The van der Waals surface area contributed by atoms with Gasteiger partial charge in [-0.1, -0.05) is 6.07 Å². The van der Waals surface area contributed by atoms with Gasteiger partial charge in [-0.2, -0.15) is 0 Å². The van der Waals surface area contributed by atoms with Gasteiger partial charge in [-0.05, 0) is 60.5 Å². The van der Waals surface area contributed by atoms with Crippen LogP contribution in [0.25, 0.3) is 22.2 Å². The van der Waals surface area contributed by atoms with Gasteiger partial charge < -0.3 is 9.88 Å². The number of nitrogens with zero attached hydrogens (tertiary/aromatic N) is 5. The number of sulfonamides is 1. The SMILES string of the molecule is CS(=O)(=O)Nc1ccc2[nH]cc(CCN(c3ccncn3)c3cccc(-c4cccnc4)n3)c2c1. The second-order valence-electron chi connectivity index (χ2n) is 8.04. The number of hydrogen-bond acceptors (Lipinski definition) is 7. The number of anilines is 3. The van der Waals surface area contributed by atoms with Crippen molar-refractivity contribution in [1.29, 1.82) is 0 Å². The lowest BCUT2D eigenvalue weighted by atomic mass is 10.1. The highest BCUT2D eigenvalue weighted by Crippen LogP contribution is 2.27. The lowest BCUT2D eigenvalue weighted by Gasteiger charge is -2.23. The molecule has 0 fully saturated rings. The highest BCUT2D eigenvalue weighted by atomic mass is 32.2. The van der Waals surface area contributed by atoms with E-state index < -0.39 is 10.0 Å². The number of pyridine rings is 2. The second-order valence-corrected chi connectivity index (χ2v) is 9.79. The van der Waals surface area contributed by atoms with E-state index in [0.717, 1.165) is 45.6 Å². The number of fused-ring (bicyclic) bond motifs is 1. The molecule has 0 aliphatic rings. The zero-order chi connectivity index (χ0) is 24.3. The molecule has 4 aromatic heterocycles. The minimum absolute atomic E-state index is 0.527. The van der Waals surface area contributed by atoms with Gasteiger partial charge in [0.2, 0.25) is 10.0 Å². The van der Waals surface area contributed by atoms with E-state index in [4.69, 9.17) is 4.98 Å². The van der Waals surface area contributed by atoms with Crippen LogP contribution in [0.15, 0.2) is 85.7 Å². The smallest absolute Gasteiger partial charge is 0.229 e. The summed E-state index contributed by atoms with van der Waals surface area (Å²) in [6, 6.07) is 17.0. The molecule has 0 saturated heterocycles. The minimum atomic E-state index is -3.36. The van der Waals surface area contributed by atoms with E-state index in [9.17, 15) is 8.42 Å². The molecule has 5 aromatic rings. The lowest BCUT2D eigenvalue weighted by Crippen LogP contribution is -2.22. The van der Waals surface area contributed by atoms with Crippen molar-refractivity contribution in [3.8, 4) is 11.3 Å². The summed E-state index contributed by atoms with van der Waals surface area (Å²) in [5.74, 6) is 1.49. The Balaban J connectivity index is 1.46. The van der Waals surface area contributed by atoms with Crippen molar-refractivity contribution in [2.75, 3.05) is 22.4 Å². The molecule has 176 valence electrons. The molecule has 2 N–H and O–H groups in total. The first-order valence-corrected chi connectivity index (χ1v) is 12.8. The number of rotatable bonds is 8. The molecule has 1 aromatic carbocycles. The molecule has 35 heavy (non-hydrogen) atoms. The van der Waals surface area contributed by atoms with Crippen molar-refractivity contribution in [1.82, 2.24) is 24.9 Å². The summed E-state index contributed by atoms with van der Waals surface area (Å²) in [7, 11) is -3.36. The van der Waals surface area contributed by atoms with Gasteiger partial charge in [0.15, 0.2) is 0 Å². The fourth-order valence-electron chi connectivity index (χ4n) is 3.93. The molecule has 0 radical (unpaired) electrons. The van der Waals surface area contributed by atoms with E-state index in [1.165, 1.54) is 6.33 Å². The van der Waals surface area contributed by atoms with Crippen LogP contribution in [-0.2, 0) is 16.4 Å². The Morgan fingerprint density at radius 1 is 1.00 bits per heavy atom. The molecular formula is C25H23N7O2S. The fourth-order valence-corrected chi connectivity index (χ4v) is 4.49. The van der Waals surface area contributed by atoms with E-state index in [1.807, 2.05) is 59.6 Å². The van der Waals surface area contributed by atoms with Crippen molar-refractivity contribution in [3.63, 3.8) is 0 Å². The van der Waals surface area contributed by atoms with Crippen LogP contribution in [0, 0.1) is 0 Å². The average Bonchev–Trinajstić information content (AvgIpc) is 3.27. The van der Waals surface area contributed by atoms with E-state index in [0.29, 0.717) is 18.7 Å². The van der Waals surface area contributed by atoms with Crippen LogP contribution in [-0.4, -0.2) is 46.1 Å². The van der Waals surface area contributed by atoms with E-state index in [-0.39, 0.29) is 0 Å². The topological polar surface area (TPSA) is 117 Å². The summed E-state index contributed by atoms with van der Waals surface area (Å²) < 4.78 is 25.9. The van der Waals surface area contributed by atoms with Crippen LogP contribution in [0.1, 0.15) is 5.56 Å². The van der Waals surface area contributed by atoms with E-state index in [2.05, 4.69) is 24.7 Å². The van der Waals surface area contributed by atoms with Crippen LogP contribution in [0.4, 0.5) is 17.3 Å². The first-order valence-electron chi connectivity index (χ1n) is 10.9. The normalized spacial score (nSPS) is 11.5. The number of aromatic nitrogens is 5.